The lowest BCUT2D eigenvalue weighted by atomic mass is 10.1. The molecule has 0 bridgehead atoms. The van der Waals surface area contributed by atoms with Crippen molar-refractivity contribution in [3.63, 3.8) is 0 Å². The Labute approximate surface area is 101 Å². The Bertz CT molecular complexity index is 354. The van der Waals surface area contributed by atoms with Crippen molar-refractivity contribution in [2.75, 3.05) is 23.0 Å². The second-order valence-corrected chi connectivity index (χ2v) is 5.47. The van der Waals surface area contributed by atoms with Crippen molar-refractivity contribution < 1.29 is 0 Å². The number of hydrogen-bond donors (Lipinski definition) is 1. The van der Waals surface area contributed by atoms with Gasteiger partial charge in [-0.15, -0.1) is 0 Å². The zero-order chi connectivity index (χ0) is 11.5. The summed E-state index contributed by atoms with van der Waals surface area (Å²) in [6, 6.07) is 4.64. The topological polar surface area (TPSA) is 42.2 Å². The molecule has 1 aliphatic heterocycles. The van der Waals surface area contributed by atoms with Crippen molar-refractivity contribution in [3.8, 4) is 0 Å². The SMILES string of the molecule is CC1CSCCN1c1ncccc1[C@H](C)N. The van der Waals surface area contributed by atoms with E-state index in [1.54, 1.807) is 0 Å². The number of thioether (sulfide) groups is 1. The predicted molar refractivity (Wildman–Crippen MR) is 71.0 cm³/mol. The van der Waals surface area contributed by atoms with Crippen LogP contribution < -0.4 is 10.6 Å². The summed E-state index contributed by atoms with van der Waals surface area (Å²) >= 11 is 2.01. The fraction of sp³-hybridized carbons (Fsp3) is 0.583. The molecule has 4 heteroatoms. The maximum Gasteiger partial charge on any atom is 0.133 e. The smallest absolute Gasteiger partial charge is 0.133 e. The van der Waals surface area contributed by atoms with Gasteiger partial charge in [0.05, 0.1) is 0 Å². The van der Waals surface area contributed by atoms with Crippen LogP contribution >= 0.6 is 11.8 Å². The molecule has 0 amide bonds. The van der Waals surface area contributed by atoms with Gasteiger partial charge in [-0.2, -0.15) is 11.8 Å². The van der Waals surface area contributed by atoms with Gasteiger partial charge in [-0.1, -0.05) is 6.07 Å². The fourth-order valence-corrected chi connectivity index (χ4v) is 3.06. The standard InChI is InChI=1S/C12H19N3S/c1-9-8-16-7-6-15(9)12-11(10(2)13)4-3-5-14-12/h3-5,9-10H,6-8,13H2,1-2H3/t9?,10-/m0/s1. The minimum absolute atomic E-state index is 0.0467. The molecule has 2 N–H and O–H groups in total. The van der Waals surface area contributed by atoms with Gasteiger partial charge in [0.25, 0.3) is 0 Å². The minimum atomic E-state index is 0.0467. The van der Waals surface area contributed by atoms with Crippen LogP contribution in [0.25, 0.3) is 0 Å². The average Bonchev–Trinajstić information content (AvgIpc) is 2.29. The first kappa shape index (κ1) is 11.7. The number of nitrogens with two attached hydrogens (primary N) is 1. The summed E-state index contributed by atoms with van der Waals surface area (Å²) in [7, 11) is 0. The van der Waals surface area contributed by atoms with Crippen LogP contribution in [0.4, 0.5) is 5.82 Å². The summed E-state index contributed by atoms with van der Waals surface area (Å²) in [6.07, 6.45) is 1.86. The van der Waals surface area contributed by atoms with Crippen LogP contribution in [0.15, 0.2) is 18.3 Å². The summed E-state index contributed by atoms with van der Waals surface area (Å²) < 4.78 is 0. The highest BCUT2D eigenvalue weighted by Gasteiger charge is 2.22. The summed E-state index contributed by atoms with van der Waals surface area (Å²) in [5.74, 6) is 3.43. The molecule has 0 saturated carbocycles. The summed E-state index contributed by atoms with van der Waals surface area (Å²) in [5.41, 5.74) is 7.15. The van der Waals surface area contributed by atoms with Gasteiger partial charge >= 0.3 is 0 Å². The minimum Gasteiger partial charge on any atom is -0.352 e. The van der Waals surface area contributed by atoms with Crippen LogP contribution in [0, 0.1) is 0 Å². The van der Waals surface area contributed by atoms with E-state index in [1.165, 1.54) is 11.5 Å². The molecule has 16 heavy (non-hydrogen) atoms. The number of hydrogen-bond acceptors (Lipinski definition) is 4. The maximum atomic E-state index is 5.99. The van der Waals surface area contributed by atoms with Crippen molar-refractivity contribution in [2.45, 2.75) is 25.9 Å². The Morgan fingerprint density at radius 2 is 2.44 bits per heavy atom. The van der Waals surface area contributed by atoms with E-state index >= 15 is 0 Å². The molecule has 2 heterocycles. The van der Waals surface area contributed by atoms with E-state index in [4.69, 9.17) is 5.73 Å². The lowest BCUT2D eigenvalue weighted by molar-refractivity contribution is 0.676. The van der Waals surface area contributed by atoms with E-state index in [0.29, 0.717) is 6.04 Å². The lowest BCUT2D eigenvalue weighted by Crippen LogP contribution is -2.41. The molecule has 1 aromatic heterocycles. The zero-order valence-corrected chi connectivity index (χ0v) is 10.7. The average molecular weight is 237 g/mol. The first-order chi connectivity index (χ1) is 7.70. The molecule has 0 radical (unpaired) electrons. The van der Waals surface area contributed by atoms with Gasteiger partial charge < -0.3 is 10.6 Å². The third kappa shape index (κ3) is 2.33. The van der Waals surface area contributed by atoms with Crippen LogP contribution in [0.3, 0.4) is 0 Å². The molecule has 2 atom stereocenters. The highest BCUT2D eigenvalue weighted by Crippen LogP contribution is 2.27. The van der Waals surface area contributed by atoms with Crippen molar-refractivity contribution in [2.24, 2.45) is 5.73 Å². The Balaban J connectivity index is 2.31. The van der Waals surface area contributed by atoms with Crippen molar-refractivity contribution in [1.29, 1.82) is 0 Å². The van der Waals surface area contributed by atoms with Crippen molar-refractivity contribution >= 4 is 17.6 Å². The molecule has 1 aromatic rings. The lowest BCUT2D eigenvalue weighted by Gasteiger charge is -2.35. The monoisotopic (exact) mass is 237 g/mol. The largest absolute Gasteiger partial charge is 0.352 e. The quantitative estimate of drug-likeness (QED) is 0.855. The van der Waals surface area contributed by atoms with Crippen LogP contribution in [-0.2, 0) is 0 Å². The fourth-order valence-electron chi connectivity index (χ4n) is 2.05. The van der Waals surface area contributed by atoms with Crippen LogP contribution in [0.1, 0.15) is 25.5 Å². The molecule has 1 fully saturated rings. The van der Waals surface area contributed by atoms with Gasteiger partial charge in [0.15, 0.2) is 0 Å². The highest BCUT2D eigenvalue weighted by atomic mass is 32.2. The van der Waals surface area contributed by atoms with E-state index in [9.17, 15) is 0 Å². The molecule has 0 aliphatic carbocycles. The van der Waals surface area contributed by atoms with Gasteiger partial charge in [-0.05, 0) is 19.9 Å². The Hall–Kier alpha value is -0.740. The maximum absolute atomic E-state index is 5.99. The number of nitrogens with zero attached hydrogens (tertiary/aromatic N) is 2. The second kappa shape index (κ2) is 5.06. The molecular weight excluding hydrogens is 218 g/mol. The third-order valence-electron chi connectivity index (χ3n) is 2.95. The van der Waals surface area contributed by atoms with Gasteiger partial charge in [0, 0.05) is 41.9 Å². The van der Waals surface area contributed by atoms with Gasteiger partial charge in [0.2, 0.25) is 0 Å². The second-order valence-electron chi connectivity index (χ2n) is 4.32. The van der Waals surface area contributed by atoms with E-state index < -0.39 is 0 Å². The summed E-state index contributed by atoms with van der Waals surface area (Å²) in [5, 5.41) is 0. The molecule has 1 saturated heterocycles. The molecule has 1 aliphatic rings. The van der Waals surface area contributed by atoms with Crippen LogP contribution in [0.2, 0.25) is 0 Å². The van der Waals surface area contributed by atoms with E-state index in [-0.39, 0.29) is 6.04 Å². The van der Waals surface area contributed by atoms with Gasteiger partial charge in [-0.25, -0.2) is 4.98 Å². The van der Waals surface area contributed by atoms with E-state index in [2.05, 4.69) is 22.9 Å². The molecule has 0 spiro atoms. The van der Waals surface area contributed by atoms with Crippen molar-refractivity contribution in [1.82, 2.24) is 4.98 Å². The molecule has 1 unspecified atom stereocenters. The number of rotatable bonds is 2. The zero-order valence-electron chi connectivity index (χ0n) is 9.89. The van der Waals surface area contributed by atoms with Gasteiger partial charge in [0.1, 0.15) is 5.82 Å². The van der Waals surface area contributed by atoms with E-state index in [1.807, 2.05) is 30.9 Å². The highest BCUT2D eigenvalue weighted by molar-refractivity contribution is 7.99. The molecule has 0 aromatic carbocycles. The van der Waals surface area contributed by atoms with Crippen LogP contribution in [0.5, 0.6) is 0 Å². The molecule has 2 rings (SSSR count). The number of pyridine rings is 1. The molecule has 3 nitrogen and oxygen atoms in total. The Morgan fingerprint density at radius 1 is 1.62 bits per heavy atom. The number of aromatic nitrogens is 1. The first-order valence-electron chi connectivity index (χ1n) is 5.75. The van der Waals surface area contributed by atoms with Crippen LogP contribution in [-0.4, -0.2) is 29.1 Å². The van der Waals surface area contributed by atoms with Gasteiger partial charge in [-0.3, -0.25) is 0 Å². The van der Waals surface area contributed by atoms with E-state index in [0.717, 1.165) is 17.9 Å². The molecule has 88 valence electrons. The van der Waals surface area contributed by atoms with Crippen molar-refractivity contribution in [3.05, 3.63) is 23.9 Å². The summed E-state index contributed by atoms with van der Waals surface area (Å²) in [4.78, 5) is 6.89. The predicted octanol–water partition coefficient (Wildman–Crippen LogP) is 2.04. The Kier molecular flexibility index (Phi) is 3.71. The third-order valence-corrected chi connectivity index (χ3v) is 4.14. The first-order valence-corrected chi connectivity index (χ1v) is 6.90. The Morgan fingerprint density at radius 3 is 3.12 bits per heavy atom. The summed E-state index contributed by atoms with van der Waals surface area (Å²) in [6.45, 7) is 5.35. The molecular formula is C12H19N3S. The normalized spacial score (nSPS) is 23.2. The number of anilines is 1.